The van der Waals surface area contributed by atoms with Crippen molar-refractivity contribution in [3.63, 3.8) is 0 Å². The number of primary amides is 1. The van der Waals surface area contributed by atoms with E-state index < -0.39 is 0 Å². The molecule has 4 heteroatoms. The van der Waals surface area contributed by atoms with Gasteiger partial charge < -0.3 is 10.5 Å². The van der Waals surface area contributed by atoms with Crippen LogP contribution in [0.5, 0.6) is 0 Å². The van der Waals surface area contributed by atoms with Crippen molar-refractivity contribution < 1.29 is 9.53 Å². The first-order valence-corrected chi connectivity index (χ1v) is 5.45. The van der Waals surface area contributed by atoms with Crippen molar-refractivity contribution >= 4 is 5.91 Å². The van der Waals surface area contributed by atoms with Gasteiger partial charge >= 0.3 is 0 Å². The minimum absolute atomic E-state index is 0.298. The van der Waals surface area contributed by atoms with E-state index in [-0.39, 0.29) is 11.9 Å². The van der Waals surface area contributed by atoms with Crippen LogP contribution in [0, 0.1) is 0 Å². The second kappa shape index (κ2) is 5.09. The predicted octanol–water partition coefficient (Wildman–Crippen LogP) is 0.545. The lowest BCUT2D eigenvalue weighted by Gasteiger charge is -2.32. The number of ether oxygens (including phenoxy) is 1. The number of hydrogen-bond donors (Lipinski definition) is 1. The SMILES string of the molecule is NC(=O)[C@H](c1ccccc1)N1CCOCC1. The number of nitrogens with two attached hydrogens (primary N) is 1. The molecule has 1 heterocycles. The van der Waals surface area contributed by atoms with Crippen molar-refractivity contribution in [3.8, 4) is 0 Å². The first kappa shape index (κ1) is 11.1. The van der Waals surface area contributed by atoms with Gasteiger partial charge in [0.25, 0.3) is 0 Å². The Morgan fingerprint density at radius 2 is 1.88 bits per heavy atom. The minimum Gasteiger partial charge on any atom is -0.379 e. The number of benzene rings is 1. The molecule has 0 aromatic heterocycles. The van der Waals surface area contributed by atoms with Gasteiger partial charge in [0, 0.05) is 13.1 Å². The molecule has 1 amide bonds. The van der Waals surface area contributed by atoms with Crippen LogP contribution in [0.25, 0.3) is 0 Å². The molecule has 1 aromatic carbocycles. The van der Waals surface area contributed by atoms with Gasteiger partial charge in [-0.3, -0.25) is 9.69 Å². The van der Waals surface area contributed by atoms with Crippen molar-refractivity contribution in [2.45, 2.75) is 6.04 Å². The van der Waals surface area contributed by atoms with E-state index in [0.29, 0.717) is 13.2 Å². The Hall–Kier alpha value is -1.39. The Morgan fingerprint density at radius 1 is 1.25 bits per heavy atom. The van der Waals surface area contributed by atoms with Crippen molar-refractivity contribution in [1.82, 2.24) is 4.90 Å². The zero-order valence-electron chi connectivity index (χ0n) is 9.13. The molecule has 16 heavy (non-hydrogen) atoms. The number of amides is 1. The molecule has 86 valence electrons. The van der Waals surface area contributed by atoms with Gasteiger partial charge in [0.2, 0.25) is 5.91 Å². The molecular weight excluding hydrogens is 204 g/mol. The molecule has 2 N–H and O–H groups in total. The van der Waals surface area contributed by atoms with Crippen LogP contribution in [0.3, 0.4) is 0 Å². The highest BCUT2D eigenvalue weighted by Crippen LogP contribution is 2.20. The topological polar surface area (TPSA) is 55.6 Å². The normalized spacial score (nSPS) is 19.2. The predicted molar refractivity (Wildman–Crippen MR) is 60.8 cm³/mol. The molecule has 0 bridgehead atoms. The molecule has 0 unspecified atom stereocenters. The maximum atomic E-state index is 11.5. The molecule has 1 fully saturated rings. The fraction of sp³-hybridized carbons (Fsp3) is 0.417. The molecule has 0 saturated carbocycles. The summed E-state index contributed by atoms with van der Waals surface area (Å²) in [5.41, 5.74) is 6.43. The Bertz CT molecular complexity index is 347. The molecule has 0 aliphatic carbocycles. The molecule has 1 aliphatic heterocycles. The first-order valence-electron chi connectivity index (χ1n) is 5.45. The summed E-state index contributed by atoms with van der Waals surface area (Å²) < 4.78 is 5.27. The molecule has 2 rings (SSSR count). The highest BCUT2D eigenvalue weighted by Gasteiger charge is 2.26. The Morgan fingerprint density at radius 3 is 2.44 bits per heavy atom. The van der Waals surface area contributed by atoms with Crippen LogP contribution in [0.4, 0.5) is 0 Å². The minimum atomic E-state index is -0.329. The van der Waals surface area contributed by atoms with Gasteiger partial charge in [-0.15, -0.1) is 0 Å². The third-order valence-electron chi connectivity index (χ3n) is 2.80. The summed E-state index contributed by atoms with van der Waals surface area (Å²) >= 11 is 0. The molecule has 1 saturated heterocycles. The summed E-state index contributed by atoms with van der Waals surface area (Å²) in [5.74, 6) is -0.298. The van der Waals surface area contributed by atoms with Crippen LogP contribution < -0.4 is 5.73 Å². The number of nitrogens with zero attached hydrogens (tertiary/aromatic N) is 1. The van der Waals surface area contributed by atoms with E-state index in [1.807, 2.05) is 30.3 Å². The summed E-state index contributed by atoms with van der Waals surface area (Å²) in [5, 5.41) is 0. The lowest BCUT2D eigenvalue weighted by Crippen LogP contribution is -2.44. The summed E-state index contributed by atoms with van der Waals surface area (Å²) in [6.07, 6.45) is 0. The summed E-state index contributed by atoms with van der Waals surface area (Å²) in [7, 11) is 0. The second-order valence-electron chi connectivity index (χ2n) is 3.86. The van der Waals surface area contributed by atoms with E-state index in [9.17, 15) is 4.79 Å². The zero-order chi connectivity index (χ0) is 11.4. The summed E-state index contributed by atoms with van der Waals surface area (Å²) in [6, 6.07) is 9.32. The number of rotatable bonds is 3. The fourth-order valence-corrected chi connectivity index (χ4v) is 2.03. The average Bonchev–Trinajstić information content (AvgIpc) is 2.31. The van der Waals surface area contributed by atoms with Gasteiger partial charge in [0.05, 0.1) is 13.2 Å². The fourth-order valence-electron chi connectivity index (χ4n) is 2.03. The number of morpholine rings is 1. The van der Waals surface area contributed by atoms with Gasteiger partial charge in [0.15, 0.2) is 0 Å². The molecule has 4 nitrogen and oxygen atoms in total. The maximum Gasteiger partial charge on any atom is 0.239 e. The van der Waals surface area contributed by atoms with Crippen LogP contribution in [0.1, 0.15) is 11.6 Å². The van der Waals surface area contributed by atoms with E-state index in [0.717, 1.165) is 18.7 Å². The van der Waals surface area contributed by atoms with Crippen molar-refractivity contribution in [2.75, 3.05) is 26.3 Å². The standard InChI is InChI=1S/C12H16N2O2/c13-12(15)11(10-4-2-1-3-5-10)14-6-8-16-9-7-14/h1-5,11H,6-9H2,(H2,13,15)/t11-/m0/s1. The zero-order valence-corrected chi connectivity index (χ0v) is 9.13. The summed E-state index contributed by atoms with van der Waals surface area (Å²) in [4.78, 5) is 13.6. The first-order chi connectivity index (χ1) is 7.79. The smallest absolute Gasteiger partial charge is 0.239 e. The van der Waals surface area contributed by atoms with Crippen LogP contribution in [-0.4, -0.2) is 37.1 Å². The largest absolute Gasteiger partial charge is 0.379 e. The Kier molecular flexibility index (Phi) is 3.54. The third-order valence-corrected chi connectivity index (χ3v) is 2.80. The number of hydrogen-bond acceptors (Lipinski definition) is 3. The van der Waals surface area contributed by atoms with Crippen molar-refractivity contribution in [3.05, 3.63) is 35.9 Å². The van der Waals surface area contributed by atoms with E-state index in [4.69, 9.17) is 10.5 Å². The average molecular weight is 220 g/mol. The Labute approximate surface area is 95.0 Å². The van der Waals surface area contributed by atoms with Crippen LogP contribution >= 0.6 is 0 Å². The quantitative estimate of drug-likeness (QED) is 0.809. The molecule has 0 spiro atoms. The van der Waals surface area contributed by atoms with E-state index in [1.165, 1.54) is 0 Å². The molecule has 1 atom stereocenters. The van der Waals surface area contributed by atoms with E-state index in [2.05, 4.69) is 4.90 Å². The highest BCUT2D eigenvalue weighted by atomic mass is 16.5. The van der Waals surface area contributed by atoms with E-state index >= 15 is 0 Å². The van der Waals surface area contributed by atoms with Crippen molar-refractivity contribution in [2.24, 2.45) is 5.73 Å². The van der Waals surface area contributed by atoms with Gasteiger partial charge in [-0.2, -0.15) is 0 Å². The molecule has 0 radical (unpaired) electrons. The second-order valence-corrected chi connectivity index (χ2v) is 3.86. The van der Waals surface area contributed by atoms with Gasteiger partial charge in [0.1, 0.15) is 6.04 Å². The van der Waals surface area contributed by atoms with Crippen LogP contribution in [-0.2, 0) is 9.53 Å². The van der Waals surface area contributed by atoms with E-state index in [1.54, 1.807) is 0 Å². The molecule has 1 aliphatic rings. The third kappa shape index (κ3) is 2.40. The van der Waals surface area contributed by atoms with Gasteiger partial charge in [-0.25, -0.2) is 0 Å². The van der Waals surface area contributed by atoms with Gasteiger partial charge in [-0.05, 0) is 5.56 Å². The van der Waals surface area contributed by atoms with Crippen LogP contribution in [0.2, 0.25) is 0 Å². The monoisotopic (exact) mass is 220 g/mol. The summed E-state index contributed by atoms with van der Waals surface area (Å²) in [6.45, 7) is 2.83. The maximum absolute atomic E-state index is 11.5. The molecular formula is C12H16N2O2. The molecule has 1 aromatic rings. The van der Waals surface area contributed by atoms with Crippen molar-refractivity contribution in [1.29, 1.82) is 0 Å². The lowest BCUT2D eigenvalue weighted by molar-refractivity contribution is -0.125. The number of carbonyl (C=O) groups excluding carboxylic acids is 1. The van der Waals surface area contributed by atoms with Crippen LogP contribution in [0.15, 0.2) is 30.3 Å². The highest BCUT2D eigenvalue weighted by molar-refractivity contribution is 5.81. The number of carbonyl (C=O) groups is 1. The Balaban J connectivity index is 2.20. The lowest BCUT2D eigenvalue weighted by atomic mass is 10.0. The van der Waals surface area contributed by atoms with Gasteiger partial charge in [-0.1, -0.05) is 30.3 Å².